The average molecular weight is 380 g/mol. The molecule has 0 atom stereocenters. The van der Waals surface area contributed by atoms with Crippen LogP contribution in [0.1, 0.15) is 22.8 Å². The molecule has 0 bridgehead atoms. The second-order valence-electron chi connectivity index (χ2n) is 6.00. The fourth-order valence-corrected chi connectivity index (χ4v) is 3.20. The van der Waals surface area contributed by atoms with Crippen LogP contribution < -0.4 is 10.6 Å². The molecule has 0 aliphatic carbocycles. The molecule has 138 valence electrons. The van der Waals surface area contributed by atoms with Gasteiger partial charge in [0.25, 0.3) is 5.91 Å². The molecule has 6 nitrogen and oxygen atoms in total. The van der Waals surface area contributed by atoms with Gasteiger partial charge in [-0.05, 0) is 49.1 Å². The second-order valence-corrected chi connectivity index (χ2v) is 6.77. The van der Waals surface area contributed by atoms with Crippen LogP contribution >= 0.6 is 11.8 Å². The maximum absolute atomic E-state index is 12.7. The third kappa shape index (κ3) is 4.38. The highest BCUT2D eigenvalue weighted by Gasteiger charge is 2.11. The van der Waals surface area contributed by atoms with Crippen LogP contribution in [0.3, 0.4) is 0 Å². The lowest BCUT2D eigenvalue weighted by Crippen LogP contribution is -2.14. The molecule has 3 rings (SSSR count). The van der Waals surface area contributed by atoms with Gasteiger partial charge in [-0.15, -0.1) is 0 Å². The summed E-state index contributed by atoms with van der Waals surface area (Å²) >= 11 is 1.54. The molecule has 0 radical (unpaired) electrons. The summed E-state index contributed by atoms with van der Waals surface area (Å²) in [5.41, 5.74) is 3.61. The zero-order chi connectivity index (χ0) is 19.4. The van der Waals surface area contributed by atoms with Gasteiger partial charge in [-0.1, -0.05) is 23.9 Å². The van der Waals surface area contributed by atoms with E-state index in [2.05, 4.69) is 15.6 Å². The Labute approximate surface area is 162 Å². The van der Waals surface area contributed by atoms with E-state index in [0.29, 0.717) is 16.9 Å². The van der Waals surface area contributed by atoms with Gasteiger partial charge in [0.05, 0.1) is 0 Å². The molecule has 0 aliphatic heterocycles. The Morgan fingerprint density at radius 1 is 1.11 bits per heavy atom. The third-order valence-corrected chi connectivity index (χ3v) is 4.65. The molecular formula is C20H20N4O2S. The molecule has 0 spiro atoms. The Hall–Kier alpha value is -3.06. The first-order valence-electron chi connectivity index (χ1n) is 8.35. The fraction of sp³-hybridized carbons (Fsp3) is 0.150. The quantitative estimate of drug-likeness (QED) is 0.653. The summed E-state index contributed by atoms with van der Waals surface area (Å²) in [5.74, 6) is -0.375. The molecule has 1 heterocycles. The number of imidazole rings is 1. The van der Waals surface area contributed by atoms with Crippen LogP contribution in [0.4, 0.5) is 11.4 Å². The zero-order valence-electron chi connectivity index (χ0n) is 15.3. The summed E-state index contributed by atoms with van der Waals surface area (Å²) in [6.07, 6.45) is 5.56. The van der Waals surface area contributed by atoms with Gasteiger partial charge in [0.15, 0.2) is 5.16 Å². The predicted molar refractivity (Wildman–Crippen MR) is 109 cm³/mol. The van der Waals surface area contributed by atoms with E-state index < -0.39 is 0 Å². The van der Waals surface area contributed by atoms with Crippen molar-refractivity contribution in [3.05, 3.63) is 66.0 Å². The molecule has 3 aromatic rings. The van der Waals surface area contributed by atoms with E-state index in [-0.39, 0.29) is 11.8 Å². The molecule has 2 aromatic carbocycles. The number of aryl methyl sites for hydroxylation is 1. The van der Waals surface area contributed by atoms with Crippen LogP contribution in [0.2, 0.25) is 0 Å². The maximum atomic E-state index is 12.7. The van der Waals surface area contributed by atoms with Gasteiger partial charge in [0.1, 0.15) is 0 Å². The van der Waals surface area contributed by atoms with E-state index >= 15 is 0 Å². The number of nitrogens with one attached hydrogen (secondary N) is 2. The van der Waals surface area contributed by atoms with Crippen molar-refractivity contribution < 1.29 is 9.59 Å². The Morgan fingerprint density at radius 2 is 1.93 bits per heavy atom. The number of rotatable bonds is 5. The van der Waals surface area contributed by atoms with Gasteiger partial charge < -0.3 is 10.6 Å². The van der Waals surface area contributed by atoms with Crippen molar-refractivity contribution >= 4 is 35.0 Å². The number of hydrogen-bond acceptors (Lipinski definition) is 4. The summed E-state index contributed by atoms with van der Waals surface area (Å²) in [4.78, 5) is 28.3. The number of benzene rings is 2. The highest BCUT2D eigenvalue weighted by atomic mass is 32.2. The van der Waals surface area contributed by atoms with Crippen molar-refractivity contribution in [1.29, 1.82) is 0 Å². The molecule has 2 N–H and O–H groups in total. The smallest absolute Gasteiger partial charge is 0.255 e. The molecule has 1 aromatic heterocycles. The first-order chi connectivity index (χ1) is 13.0. The van der Waals surface area contributed by atoms with Crippen LogP contribution in [-0.2, 0) is 4.79 Å². The molecule has 2 amide bonds. The monoisotopic (exact) mass is 380 g/mol. The van der Waals surface area contributed by atoms with Crippen molar-refractivity contribution in [3.8, 4) is 5.69 Å². The Morgan fingerprint density at radius 3 is 2.67 bits per heavy atom. The fourth-order valence-electron chi connectivity index (χ4n) is 2.67. The first kappa shape index (κ1) is 18.7. The van der Waals surface area contributed by atoms with Crippen molar-refractivity contribution in [2.75, 3.05) is 16.9 Å². The van der Waals surface area contributed by atoms with E-state index in [1.54, 1.807) is 24.4 Å². The van der Waals surface area contributed by atoms with E-state index in [0.717, 1.165) is 16.4 Å². The van der Waals surface area contributed by atoms with E-state index in [9.17, 15) is 9.59 Å². The molecule has 0 saturated carbocycles. The lowest BCUT2D eigenvalue weighted by molar-refractivity contribution is -0.114. The number of thioether (sulfide) groups is 1. The number of aromatic nitrogens is 2. The molecule has 0 aliphatic rings. The Balaban J connectivity index is 1.85. The van der Waals surface area contributed by atoms with Crippen LogP contribution in [0.5, 0.6) is 0 Å². The normalized spacial score (nSPS) is 10.5. The topological polar surface area (TPSA) is 76.0 Å². The van der Waals surface area contributed by atoms with Crippen molar-refractivity contribution in [2.24, 2.45) is 0 Å². The summed E-state index contributed by atoms with van der Waals surface area (Å²) in [5, 5.41) is 6.50. The number of anilines is 2. The minimum Gasteiger partial charge on any atom is -0.326 e. The minimum atomic E-state index is -0.217. The van der Waals surface area contributed by atoms with Crippen LogP contribution in [-0.4, -0.2) is 27.6 Å². The predicted octanol–water partition coefficient (Wildman–Crippen LogP) is 4.11. The standard InChI is InChI=1S/C20H20N4O2S/c1-13-7-8-16(22-14(2)25)12-18(13)23-19(26)15-5-4-6-17(11-15)24-10-9-21-20(24)27-3/h4-12H,1-3H3,(H,22,25)(H,23,26). The zero-order valence-corrected chi connectivity index (χ0v) is 16.1. The van der Waals surface area contributed by atoms with E-state index in [1.807, 2.05) is 48.2 Å². The number of carbonyl (C=O) groups excluding carboxylic acids is 2. The van der Waals surface area contributed by atoms with Gasteiger partial charge in [-0.25, -0.2) is 4.98 Å². The summed E-state index contributed by atoms with van der Waals surface area (Å²) in [6, 6.07) is 12.8. The van der Waals surface area contributed by atoms with Gasteiger partial charge in [0.2, 0.25) is 5.91 Å². The summed E-state index contributed by atoms with van der Waals surface area (Å²) in [7, 11) is 0. The lowest BCUT2D eigenvalue weighted by Gasteiger charge is -2.12. The number of carbonyl (C=O) groups is 2. The maximum Gasteiger partial charge on any atom is 0.255 e. The van der Waals surface area contributed by atoms with Gasteiger partial charge in [-0.3, -0.25) is 14.2 Å². The highest BCUT2D eigenvalue weighted by molar-refractivity contribution is 7.98. The minimum absolute atomic E-state index is 0.159. The van der Waals surface area contributed by atoms with Gasteiger partial charge in [0, 0.05) is 41.9 Å². The molecule has 0 fully saturated rings. The van der Waals surface area contributed by atoms with E-state index in [4.69, 9.17) is 0 Å². The van der Waals surface area contributed by atoms with Crippen molar-refractivity contribution in [3.63, 3.8) is 0 Å². The van der Waals surface area contributed by atoms with Crippen LogP contribution in [0.25, 0.3) is 5.69 Å². The average Bonchev–Trinajstić information content (AvgIpc) is 3.13. The number of amides is 2. The second kappa shape index (κ2) is 8.09. The highest BCUT2D eigenvalue weighted by Crippen LogP contribution is 2.22. The van der Waals surface area contributed by atoms with Crippen LogP contribution in [0, 0.1) is 6.92 Å². The number of nitrogens with zero attached hydrogens (tertiary/aromatic N) is 2. The van der Waals surface area contributed by atoms with Crippen molar-refractivity contribution in [2.45, 2.75) is 19.0 Å². The molecule has 0 unspecified atom stereocenters. The van der Waals surface area contributed by atoms with E-state index in [1.165, 1.54) is 18.7 Å². The Bertz CT molecular complexity index is 997. The lowest BCUT2D eigenvalue weighted by atomic mass is 10.1. The van der Waals surface area contributed by atoms with Gasteiger partial charge >= 0.3 is 0 Å². The number of hydrogen-bond donors (Lipinski definition) is 2. The van der Waals surface area contributed by atoms with Crippen molar-refractivity contribution in [1.82, 2.24) is 9.55 Å². The summed E-state index contributed by atoms with van der Waals surface area (Å²) < 4.78 is 1.93. The van der Waals surface area contributed by atoms with Crippen LogP contribution in [0.15, 0.2) is 60.0 Å². The Kier molecular flexibility index (Phi) is 5.61. The third-order valence-electron chi connectivity index (χ3n) is 3.98. The molecule has 27 heavy (non-hydrogen) atoms. The summed E-state index contributed by atoms with van der Waals surface area (Å²) in [6.45, 7) is 3.35. The first-order valence-corrected chi connectivity index (χ1v) is 9.58. The largest absolute Gasteiger partial charge is 0.326 e. The van der Waals surface area contributed by atoms with Gasteiger partial charge in [-0.2, -0.15) is 0 Å². The molecular weight excluding hydrogens is 360 g/mol. The SMILES string of the molecule is CSc1nccn1-c1cccc(C(=O)Nc2cc(NC(C)=O)ccc2C)c1. The molecule has 0 saturated heterocycles. The molecule has 7 heteroatoms.